The molecular weight excluding hydrogens is 352 g/mol. The van der Waals surface area contributed by atoms with Crippen LogP contribution in [0.5, 0.6) is 5.75 Å². The predicted molar refractivity (Wildman–Crippen MR) is 109 cm³/mol. The van der Waals surface area contributed by atoms with E-state index in [9.17, 15) is 0 Å². The monoisotopic (exact) mass is 378 g/mol. The van der Waals surface area contributed by atoms with Crippen molar-refractivity contribution in [3.63, 3.8) is 0 Å². The topological polar surface area (TPSA) is 61.2 Å². The summed E-state index contributed by atoms with van der Waals surface area (Å²) in [7, 11) is 0. The quantitative estimate of drug-likeness (QED) is 0.735. The Morgan fingerprint density at radius 2 is 2.18 bits per heavy atom. The fraction of sp³-hybridized carbons (Fsp3) is 0.455. The van der Waals surface area contributed by atoms with Gasteiger partial charge in [0.05, 0.1) is 23.4 Å². The lowest BCUT2D eigenvalue weighted by Gasteiger charge is -2.36. The first-order chi connectivity index (χ1) is 13.6. The summed E-state index contributed by atoms with van der Waals surface area (Å²) in [5.74, 6) is 0.840. The molecule has 3 aromatic rings. The summed E-state index contributed by atoms with van der Waals surface area (Å²) < 4.78 is 14.5. The zero-order valence-electron chi connectivity index (χ0n) is 16.4. The van der Waals surface area contributed by atoms with E-state index in [0.717, 1.165) is 40.9 Å². The van der Waals surface area contributed by atoms with Crippen LogP contribution >= 0.6 is 0 Å². The molecule has 1 saturated heterocycles. The Balaban J connectivity index is 1.43. The average molecular weight is 378 g/mol. The maximum atomic E-state index is 6.25. The van der Waals surface area contributed by atoms with E-state index in [1.165, 1.54) is 12.8 Å². The number of morpholine rings is 1. The number of nitrogens with one attached hydrogen (secondary N) is 1. The normalized spacial score (nSPS) is 21.7. The van der Waals surface area contributed by atoms with Gasteiger partial charge in [-0.2, -0.15) is 5.10 Å². The van der Waals surface area contributed by atoms with E-state index in [0.29, 0.717) is 12.6 Å². The van der Waals surface area contributed by atoms with Gasteiger partial charge in [0, 0.05) is 36.4 Å². The van der Waals surface area contributed by atoms with E-state index in [2.05, 4.69) is 58.3 Å². The van der Waals surface area contributed by atoms with E-state index in [-0.39, 0.29) is 11.7 Å². The first kappa shape index (κ1) is 17.6. The third kappa shape index (κ3) is 3.62. The molecule has 1 aromatic carbocycles. The van der Waals surface area contributed by atoms with Crippen LogP contribution in [0.2, 0.25) is 0 Å². The number of benzene rings is 1. The Morgan fingerprint density at radius 1 is 1.29 bits per heavy atom. The molecule has 1 saturated carbocycles. The fourth-order valence-corrected chi connectivity index (χ4v) is 3.81. The Morgan fingerprint density at radius 3 is 3.00 bits per heavy atom. The summed E-state index contributed by atoms with van der Waals surface area (Å²) >= 11 is 0. The number of hydrogen-bond donors (Lipinski definition) is 1. The van der Waals surface area contributed by atoms with Crippen LogP contribution in [0.1, 0.15) is 32.7 Å². The Hall–Kier alpha value is -2.44. The predicted octanol–water partition coefficient (Wildman–Crippen LogP) is 3.58. The molecule has 1 aliphatic carbocycles. The first-order valence-electron chi connectivity index (χ1n) is 10.0. The molecule has 1 N–H and O–H groups in total. The van der Waals surface area contributed by atoms with E-state index in [4.69, 9.17) is 9.47 Å². The number of hydrogen-bond acceptors (Lipinski definition) is 5. The molecule has 1 atom stereocenters. The van der Waals surface area contributed by atoms with Crippen molar-refractivity contribution in [2.24, 2.45) is 0 Å². The summed E-state index contributed by atoms with van der Waals surface area (Å²) in [5, 5.41) is 8.97. The minimum absolute atomic E-state index is 0.0248. The summed E-state index contributed by atoms with van der Waals surface area (Å²) in [6.45, 7) is 6.36. The highest BCUT2D eigenvalue weighted by Gasteiger charge is 2.29. The molecule has 3 heterocycles. The van der Waals surface area contributed by atoms with Gasteiger partial charge in [-0.15, -0.1) is 0 Å². The number of nitrogens with zero attached hydrogens (tertiary/aromatic N) is 3. The molecule has 6 nitrogen and oxygen atoms in total. The zero-order valence-corrected chi connectivity index (χ0v) is 16.4. The molecule has 1 aliphatic heterocycles. The van der Waals surface area contributed by atoms with E-state index < -0.39 is 0 Å². The van der Waals surface area contributed by atoms with Crippen molar-refractivity contribution in [1.82, 2.24) is 20.1 Å². The minimum Gasteiger partial charge on any atom is -0.490 e. The number of pyridine rings is 1. The Bertz CT molecular complexity index is 993. The highest BCUT2D eigenvalue weighted by Crippen LogP contribution is 2.36. The molecule has 0 bridgehead atoms. The number of ether oxygens (including phenoxy) is 2. The first-order valence-corrected chi connectivity index (χ1v) is 10.0. The largest absolute Gasteiger partial charge is 0.490 e. The summed E-state index contributed by atoms with van der Waals surface area (Å²) in [6.07, 6.45) is 8.35. The molecule has 2 aliphatic rings. The maximum absolute atomic E-state index is 6.25. The van der Waals surface area contributed by atoms with E-state index >= 15 is 0 Å². The van der Waals surface area contributed by atoms with Crippen molar-refractivity contribution in [1.29, 1.82) is 0 Å². The number of aromatic nitrogens is 3. The molecule has 2 fully saturated rings. The Kier molecular flexibility index (Phi) is 4.33. The average Bonchev–Trinajstić information content (AvgIpc) is 3.42. The highest BCUT2D eigenvalue weighted by atomic mass is 16.5. The van der Waals surface area contributed by atoms with E-state index in [1.54, 1.807) is 0 Å². The van der Waals surface area contributed by atoms with Crippen LogP contribution < -0.4 is 10.1 Å². The summed E-state index contributed by atoms with van der Waals surface area (Å²) in [6, 6.07) is 8.78. The Labute approximate surface area is 164 Å². The van der Waals surface area contributed by atoms with Crippen LogP contribution in [0, 0.1) is 0 Å². The van der Waals surface area contributed by atoms with Crippen LogP contribution in [0.4, 0.5) is 0 Å². The highest BCUT2D eigenvalue weighted by molar-refractivity contribution is 5.89. The van der Waals surface area contributed by atoms with Crippen LogP contribution in [-0.4, -0.2) is 46.2 Å². The molecule has 0 amide bonds. The van der Waals surface area contributed by atoms with Gasteiger partial charge in [0.25, 0.3) is 0 Å². The molecule has 0 unspecified atom stereocenters. The second kappa shape index (κ2) is 6.87. The van der Waals surface area contributed by atoms with Gasteiger partial charge < -0.3 is 14.8 Å². The molecule has 0 spiro atoms. The van der Waals surface area contributed by atoms with Gasteiger partial charge in [0.2, 0.25) is 0 Å². The van der Waals surface area contributed by atoms with Crippen LogP contribution in [0.3, 0.4) is 0 Å². The second-order valence-electron chi connectivity index (χ2n) is 8.43. The van der Waals surface area contributed by atoms with Crippen molar-refractivity contribution in [2.75, 3.05) is 19.7 Å². The third-order valence-corrected chi connectivity index (χ3v) is 5.37. The van der Waals surface area contributed by atoms with Crippen molar-refractivity contribution >= 4 is 10.9 Å². The van der Waals surface area contributed by atoms with Crippen LogP contribution in [0.15, 0.2) is 42.9 Å². The molecule has 5 rings (SSSR count). The van der Waals surface area contributed by atoms with Crippen LogP contribution in [0.25, 0.3) is 22.0 Å². The smallest absolute Gasteiger partial charge is 0.129 e. The lowest BCUT2D eigenvalue weighted by Crippen LogP contribution is -2.52. The standard InChI is InChI=1S/C22H26N4O2/c1-22(2)14-23-11-18(28-22)13-27-21-9-15(8-20-19(21)4-3-7-24-20)16-10-25-26(12-16)17-5-6-17/h3-4,7-10,12,17-18,23H,5-6,11,13-14H2,1-2H3/t18-/m0/s1. The van der Waals surface area contributed by atoms with Gasteiger partial charge in [0.1, 0.15) is 18.5 Å². The lowest BCUT2D eigenvalue weighted by atomic mass is 10.1. The van der Waals surface area contributed by atoms with E-state index in [1.807, 2.05) is 18.5 Å². The SMILES string of the molecule is CC1(C)CNC[C@@H](COc2cc(-c3cnn(C4CC4)c3)cc3ncccc23)O1. The van der Waals surface area contributed by atoms with Crippen LogP contribution in [-0.2, 0) is 4.74 Å². The van der Waals surface area contributed by atoms with Gasteiger partial charge in [-0.25, -0.2) is 0 Å². The van der Waals surface area contributed by atoms with Gasteiger partial charge in [-0.1, -0.05) is 0 Å². The third-order valence-electron chi connectivity index (χ3n) is 5.37. The molecule has 6 heteroatoms. The molecule has 146 valence electrons. The summed E-state index contributed by atoms with van der Waals surface area (Å²) in [4.78, 5) is 4.55. The van der Waals surface area contributed by atoms with Crippen molar-refractivity contribution in [3.8, 4) is 16.9 Å². The molecule has 28 heavy (non-hydrogen) atoms. The maximum Gasteiger partial charge on any atom is 0.129 e. The number of rotatable bonds is 5. The van der Waals surface area contributed by atoms with Crippen molar-refractivity contribution in [3.05, 3.63) is 42.9 Å². The molecule has 2 aromatic heterocycles. The zero-order chi connectivity index (χ0) is 19.1. The second-order valence-corrected chi connectivity index (χ2v) is 8.43. The minimum atomic E-state index is -0.171. The molecular formula is C22H26N4O2. The molecule has 0 radical (unpaired) electrons. The summed E-state index contributed by atoms with van der Waals surface area (Å²) in [5.41, 5.74) is 2.93. The van der Waals surface area contributed by atoms with Gasteiger partial charge in [-0.3, -0.25) is 9.67 Å². The van der Waals surface area contributed by atoms with Crippen molar-refractivity contribution < 1.29 is 9.47 Å². The van der Waals surface area contributed by atoms with Gasteiger partial charge in [-0.05, 0) is 56.5 Å². The number of fused-ring (bicyclic) bond motifs is 1. The van der Waals surface area contributed by atoms with Gasteiger partial charge >= 0.3 is 0 Å². The van der Waals surface area contributed by atoms with Gasteiger partial charge in [0.15, 0.2) is 0 Å². The lowest BCUT2D eigenvalue weighted by molar-refractivity contribution is -0.106. The fourth-order valence-electron chi connectivity index (χ4n) is 3.81. The van der Waals surface area contributed by atoms with Crippen molar-refractivity contribution in [2.45, 2.75) is 44.4 Å².